The molecule has 1 heterocycles. The zero-order chi connectivity index (χ0) is 8.97. The van der Waals surface area contributed by atoms with Gasteiger partial charge in [-0.1, -0.05) is 0 Å². The fourth-order valence-corrected chi connectivity index (χ4v) is 1.08. The first-order valence-corrected chi connectivity index (χ1v) is 3.83. The lowest BCUT2D eigenvalue weighted by Gasteiger charge is -2.15. The largest absolute Gasteiger partial charge is 0.375 e. The number of carbonyl (C=O) groups excluding carboxylic acids is 2. The van der Waals surface area contributed by atoms with Gasteiger partial charge in [-0.25, -0.2) is 0 Å². The summed E-state index contributed by atoms with van der Waals surface area (Å²) in [5, 5.41) is 1.33. The molecular formula is C7H12N2O3. The lowest BCUT2D eigenvalue weighted by Crippen LogP contribution is -2.44. The second kappa shape index (κ2) is 4.06. The van der Waals surface area contributed by atoms with Crippen molar-refractivity contribution in [2.45, 2.75) is 12.8 Å². The summed E-state index contributed by atoms with van der Waals surface area (Å²) in [6, 6.07) is 0. The Morgan fingerprint density at radius 2 is 2.50 bits per heavy atom. The molecule has 0 aromatic carbocycles. The van der Waals surface area contributed by atoms with Crippen LogP contribution < -0.4 is 5.43 Å². The molecule has 12 heavy (non-hydrogen) atoms. The Kier molecular flexibility index (Phi) is 3.04. The third-order valence-electron chi connectivity index (χ3n) is 1.61. The molecule has 0 unspecified atom stereocenters. The zero-order valence-corrected chi connectivity index (χ0v) is 7.00. The Bertz CT molecular complexity index is 193. The molecule has 0 aromatic rings. The molecule has 2 amide bonds. The molecule has 1 saturated heterocycles. The molecule has 1 aliphatic heterocycles. The Labute approximate surface area is 70.6 Å². The average molecular weight is 172 g/mol. The van der Waals surface area contributed by atoms with Crippen LogP contribution >= 0.6 is 0 Å². The normalized spacial score (nSPS) is 16.8. The third kappa shape index (κ3) is 2.20. The SMILES string of the molecule is COCC(=O)NN1CCCC1=O. The van der Waals surface area contributed by atoms with E-state index in [2.05, 4.69) is 10.2 Å². The fourth-order valence-electron chi connectivity index (χ4n) is 1.08. The summed E-state index contributed by atoms with van der Waals surface area (Å²) in [6.45, 7) is 0.595. The Hall–Kier alpha value is -1.10. The third-order valence-corrected chi connectivity index (χ3v) is 1.61. The molecule has 0 atom stereocenters. The number of hydrazine groups is 1. The minimum atomic E-state index is -0.284. The highest BCUT2D eigenvalue weighted by atomic mass is 16.5. The van der Waals surface area contributed by atoms with E-state index in [9.17, 15) is 9.59 Å². The number of hydrogen-bond acceptors (Lipinski definition) is 3. The maximum Gasteiger partial charge on any atom is 0.264 e. The van der Waals surface area contributed by atoms with Crippen molar-refractivity contribution in [3.8, 4) is 0 Å². The number of methoxy groups -OCH3 is 1. The molecule has 0 aromatic heterocycles. The minimum absolute atomic E-state index is 0.0101. The van der Waals surface area contributed by atoms with Crippen molar-refractivity contribution in [3.63, 3.8) is 0 Å². The number of nitrogens with zero attached hydrogens (tertiary/aromatic N) is 1. The lowest BCUT2D eigenvalue weighted by atomic mass is 10.4. The highest BCUT2D eigenvalue weighted by Gasteiger charge is 2.21. The number of carbonyl (C=O) groups is 2. The Balaban J connectivity index is 2.30. The molecule has 1 N–H and O–H groups in total. The summed E-state index contributed by atoms with van der Waals surface area (Å²) in [6.07, 6.45) is 1.33. The van der Waals surface area contributed by atoms with Gasteiger partial charge < -0.3 is 4.74 Å². The van der Waals surface area contributed by atoms with Crippen LogP contribution in [0.3, 0.4) is 0 Å². The number of ether oxygens (including phenoxy) is 1. The molecule has 1 rings (SSSR count). The summed E-state index contributed by atoms with van der Waals surface area (Å²) in [4.78, 5) is 21.9. The van der Waals surface area contributed by atoms with Gasteiger partial charge in [0.05, 0.1) is 0 Å². The van der Waals surface area contributed by atoms with E-state index in [1.165, 1.54) is 12.1 Å². The summed E-state index contributed by atoms with van der Waals surface area (Å²) >= 11 is 0. The second-order valence-electron chi connectivity index (χ2n) is 2.62. The van der Waals surface area contributed by atoms with E-state index in [-0.39, 0.29) is 18.4 Å². The van der Waals surface area contributed by atoms with E-state index < -0.39 is 0 Å². The van der Waals surface area contributed by atoms with Crippen molar-refractivity contribution in [3.05, 3.63) is 0 Å². The number of nitrogens with one attached hydrogen (secondary N) is 1. The van der Waals surface area contributed by atoms with Crippen LogP contribution in [-0.2, 0) is 14.3 Å². The first-order chi connectivity index (χ1) is 5.74. The molecule has 5 nitrogen and oxygen atoms in total. The van der Waals surface area contributed by atoms with Gasteiger partial charge in [-0.2, -0.15) is 0 Å². The van der Waals surface area contributed by atoms with Crippen molar-refractivity contribution >= 4 is 11.8 Å². The molecule has 0 aliphatic carbocycles. The lowest BCUT2D eigenvalue weighted by molar-refractivity contribution is -0.139. The van der Waals surface area contributed by atoms with E-state index >= 15 is 0 Å². The predicted molar refractivity (Wildman–Crippen MR) is 41.0 cm³/mol. The van der Waals surface area contributed by atoms with E-state index in [0.717, 1.165) is 6.42 Å². The molecule has 0 spiro atoms. The predicted octanol–water partition coefficient (Wildman–Crippen LogP) is -0.714. The smallest absolute Gasteiger partial charge is 0.264 e. The van der Waals surface area contributed by atoms with Crippen LogP contribution in [0, 0.1) is 0 Å². The summed E-state index contributed by atoms with van der Waals surface area (Å²) in [5.74, 6) is -0.313. The Morgan fingerprint density at radius 1 is 1.75 bits per heavy atom. The maximum absolute atomic E-state index is 11.0. The van der Waals surface area contributed by atoms with E-state index in [1.54, 1.807) is 0 Å². The van der Waals surface area contributed by atoms with Crippen LogP contribution in [0.25, 0.3) is 0 Å². The van der Waals surface area contributed by atoms with Crippen molar-refractivity contribution in [1.29, 1.82) is 0 Å². The van der Waals surface area contributed by atoms with E-state index in [4.69, 9.17) is 0 Å². The molecule has 0 saturated carbocycles. The van der Waals surface area contributed by atoms with Gasteiger partial charge >= 0.3 is 0 Å². The summed E-state index contributed by atoms with van der Waals surface area (Å²) < 4.78 is 4.60. The first-order valence-electron chi connectivity index (χ1n) is 3.83. The number of amides is 2. The van der Waals surface area contributed by atoms with Crippen molar-refractivity contribution < 1.29 is 14.3 Å². The van der Waals surface area contributed by atoms with E-state index in [1.807, 2.05) is 0 Å². The van der Waals surface area contributed by atoms with Crippen molar-refractivity contribution in [2.75, 3.05) is 20.3 Å². The van der Waals surface area contributed by atoms with Crippen LogP contribution in [0.4, 0.5) is 0 Å². The minimum Gasteiger partial charge on any atom is -0.375 e. The highest BCUT2D eigenvalue weighted by molar-refractivity contribution is 5.83. The molecule has 0 bridgehead atoms. The molecular weight excluding hydrogens is 160 g/mol. The Morgan fingerprint density at radius 3 is 3.00 bits per heavy atom. The molecule has 1 aliphatic rings. The van der Waals surface area contributed by atoms with Gasteiger partial charge in [-0.05, 0) is 6.42 Å². The molecule has 5 heteroatoms. The van der Waals surface area contributed by atoms with Gasteiger partial charge in [0.25, 0.3) is 5.91 Å². The van der Waals surface area contributed by atoms with Crippen molar-refractivity contribution in [1.82, 2.24) is 10.4 Å². The van der Waals surface area contributed by atoms with Crippen LogP contribution in [0.2, 0.25) is 0 Å². The molecule has 0 radical (unpaired) electrons. The average Bonchev–Trinajstić information content (AvgIpc) is 2.37. The summed E-state index contributed by atoms with van der Waals surface area (Å²) in [5.41, 5.74) is 2.45. The number of hydrogen-bond donors (Lipinski definition) is 1. The van der Waals surface area contributed by atoms with Crippen LogP contribution in [0.1, 0.15) is 12.8 Å². The second-order valence-corrected chi connectivity index (χ2v) is 2.62. The van der Waals surface area contributed by atoms with Gasteiger partial charge in [0, 0.05) is 20.1 Å². The van der Waals surface area contributed by atoms with Crippen LogP contribution in [-0.4, -0.2) is 37.1 Å². The zero-order valence-electron chi connectivity index (χ0n) is 7.00. The highest BCUT2D eigenvalue weighted by Crippen LogP contribution is 2.05. The van der Waals surface area contributed by atoms with Gasteiger partial charge in [-0.15, -0.1) is 0 Å². The van der Waals surface area contributed by atoms with Gasteiger partial charge in [-0.3, -0.25) is 20.0 Å². The quantitative estimate of drug-likeness (QED) is 0.611. The molecule has 1 fully saturated rings. The van der Waals surface area contributed by atoms with Crippen LogP contribution in [0.5, 0.6) is 0 Å². The van der Waals surface area contributed by atoms with Gasteiger partial charge in [0.1, 0.15) is 6.61 Å². The fraction of sp³-hybridized carbons (Fsp3) is 0.714. The van der Waals surface area contributed by atoms with Crippen molar-refractivity contribution in [2.24, 2.45) is 0 Å². The van der Waals surface area contributed by atoms with Gasteiger partial charge in [0.2, 0.25) is 5.91 Å². The first kappa shape index (κ1) is 8.99. The standard InChI is InChI=1S/C7H12N2O3/c1-12-5-6(10)8-9-4-2-3-7(9)11/h2-5H2,1H3,(H,8,10). The summed E-state index contributed by atoms with van der Waals surface area (Å²) in [7, 11) is 1.44. The van der Waals surface area contributed by atoms with E-state index in [0.29, 0.717) is 13.0 Å². The number of rotatable bonds is 3. The van der Waals surface area contributed by atoms with Gasteiger partial charge in [0.15, 0.2) is 0 Å². The molecule has 68 valence electrons. The van der Waals surface area contributed by atoms with Crippen LogP contribution in [0.15, 0.2) is 0 Å². The monoisotopic (exact) mass is 172 g/mol. The topological polar surface area (TPSA) is 58.6 Å². The maximum atomic E-state index is 11.0.